The van der Waals surface area contributed by atoms with Crippen LogP contribution in [0.15, 0.2) is 0 Å². The van der Waals surface area contributed by atoms with Crippen molar-refractivity contribution in [3.8, 4) is 0 Å². The molecule has 2 amide bonds. The number of amides is 2. The van der Waals surface area contributed by atoms with Crippen molar-refractivity contribution in [2.24, 2.45) is 17.8 Å². The molecule has 0 aromatic carbocycles. The number of urea groups is 1. The fraction of sp³-hybridized carbons (Fsp3) is 0.867. The molecule has 122 valence electrons. The molecule has 6 heteroatoms. The van der Waals surface area contributed by atoms with Gasteiger partial charge in [0.1, 0.15) is 0 Å². The standard InChI is InChI=1S/C15H28N2O4/c1-5-21-9-13(10(2)3)16-15(20)17-7-11(4)6-12(8-17)14(18)19/h10-13H,5-9H2,1-4H3,(H,16,20)(H,18,19). The average Bonchev–Trinajstić information content (AvgIpc) is 2.42. The van der Waals surface area contributed by atoms with Gasteiger partial charge in [0.25, 0.3) is 0 Å². The van der Waals surface area contributed by atoms with E-state index in [1.54, 1.807) is 4.90 Å². The van der Waals surface area contributed by atoms with Gasteiger partial charge in [0.2, 0.25) is 0 Å². The Balaban J connectivity index is 2.61. The summed E-state index contributed by atoms with van der Waals surface area (Å²) in [6, 6.07) is -0.246. The summed E-state index contributed by atoms with van der Waals surface area (Å²) in [5, 5.41) is 12.1. The molecule has 2 N–H and O–H groups in total. The number of ether oxygens (including phenoxy) is 1. The molecule has 0 aliphatic carbocycles. The molecule has 0 aromatic heterocycles. The first-order chi connectivity index (χ1) is 9.85. The van der Waals surface area contributed by atoms with E-state index in [0.29, 0.717) is 26.2 Å². The van der Waals surface area contributed by atoms with Crippen molar-refractivity contribution >= 4 is 12.0 Å². The number of nitrogens with zero attached hydrogens (tertiary/aromatic N) is 1. The second-order valence-corrected chi connectivity index (χ2v) is 6.24. The Kier molecular flexibility index (Phi) is 6.95. The summed E-state index contributed by atoms with van der Waals surface area (Å²) < 4.78 is 5.40. The van der Waals surface area contributed by atoms with Gasteiger partial charge in [0.05, 0.1) is 18.6 Å². The molecule has 1 aliphatic heterocycles. The van der Waals surface area contributed by atoms with Crippen LogP contribution in [0.2, 0.25) is 0 Å². The molecule has 3 unspecified atom stereocenters. The number of nitrogens with one attached hydrogen (secondary N) is 1. The van der Waals surface area contributed by atoms with E-state index in [9.17, 15) is 9.59 Å². The lowest BCUT2D eigenvalue weighted by atomic mass is 9.91. The van der Waals surface area contributed by atoms with Gasteiger partial charge in [-0.25, -0.2) is 4.79 Å². The van der Waals surface area contributed by atoms with Crippen LogP contribution in [-0.4, -0.2) is 54.4 Å². The van der Waals surface area contributed by atoms with Crippen LogP contribution in [0.5, 0.6) is 0 Å². The zero-order chi connectivity index (χ0) is 16.0. The van der Waals surface area contributed by atoms with Crippen molar-refractivity contribution < 1.29 is 19.4 Å². The maximum atomic E-state index is 12.4. The number of carbonyl (C=O) groups is 2. The third-order valence-electron chi connectivity index (χ3n) is 3.91. The predicted octanol–water partition coefficient (Wildman–Crippen LogP) is 1.80. The van der Waals surface area contributed by atoms with Crippen molar-refractivity contribution in [2.45, 2.75) is 40.2 Å². The molecule has 0 bridgehead atoms. The average molecular weight is 300 g/mol. The van der Waals surface area contributed by atoms with Gasteiger partial charge >= 0.3 is 12.0 Å². The second kappa shape index (κ2) is 8.22. The number of rotatable bonds is 6. The molecule has 1 rings (SSSR count). The van der Waals surface area contributed by atoms with E-state index in [0.717, 1.165) is 0 Å². The molecular weight excluding hydrogens is 272 g/mol. The monoisotopic (exact) mass is 300 g/mol. The molecule has 1 aliphatic rings. The molecule has 6 nitrogen and oxygen atoms in total. The highest BCUT2D eigenvalue weighted by Crippen LogP contribution is 2.22. The predicted molar refractivity (Wildman–Crippen MR) is 80.1 cm³/mol. The van der Waals surface area contributed by atoms with Crippen LogP contribution in [-0.2, 0) is 9.53 Å². The van der Waals surface area contributed by atoms with Gasteiger partial charge in [-0.15, -0.1) is 0 Å². The van der Waals surface area contributed by atoms with Gasteiger partial charge < -0.3 is 20.1 Å². The minimum absolute atomic E-state index is 0.0574. The lowest BCUT2D eigenvalue weighted by molar-refractivity contribution is -0.143. The number of hydrogen-bond donors (Lipinski definition) is 2. The number of carboxylic acid groups (broad SMARTS) is 1. The zero-order valence-electron chi connectivity index (χ0n) is 13.5. The van der Waals surface area contributed by atoms with E-state index in [1.165, 1.54) is 0 Å². The van der Waals surface area contributed by atoms with E-state index in [1.807, 2.05) is 27.7 Å². The Labute approximate surface area is 126 Å². The topological polar surface area (TPSA) is 78.9 Å². The van der Waals surface area contributed by atoms with Crippen LogP contribution in [0.25, 0.3) is 0 Å². The molecule has 1 saturated heterocycles. The highest BCUT2D eigenvalue weighted by Gasteiger charge is 2.32. The van der Waals surface area contributed by atoms with Gasteiger partial charge in [0.15, 0.2) is 0 Å². The number of piperidine rings is 1. The molecular formula is C15H28N2O4. The van der Waals surface area contributed by atoms with Gasteiger partial charge in [0, 0.05) is 19.7 Å². The molecule has 0 aromatic rings. The normalized spacial score (nSPS) is 24.0. The summed E-state index contributed by atoms with van der Waals surface area (Å²) in [5.41, 5.74) is 0. The zero-order valence-corrected chi connectivity index (χ0v) is 13.5. The molecule has 1 heterocycles. The minimum Gasteiger partial charge on any atom is -0.481 e. The lowest BCUT2D eigenvalue weighted by Gasteiger charge is -2.36. The summed E-state index contributed by atoms with van der Waals surface area (Å²) in [5.74, 6) is -0.828. The van der Waals surface area contributed by atoms with Crippen LogP contribution in [0.3, 0.4) is 0 Å². The number of likely N-dealkylation sites (tertiary alicyclic amines) is 1. The minimum atomic E-state index is -0.825. The Morgan fingerprint density at radius 3 is 2.57 bits per heavy atom. The van der Waals surface area contributed by atoms with Crippen LogP contribution in [0.1, 0.15) is 34.1 Å². The van der Waals surface area contributed by atoms with E-state index in [2.05, 4.69) is 5.32 Å². The van der Waals surface area contributed by atoms with Crippen molar-refractivity contribution in [3.63, 3.8) is 0 Å². The van der Waals surface area contributed by atoms with Crippen molar-refractivity contribution in [1.29, 1.82) is 0 Å². The highest BCUT2D eigenvalue weighted by molar-refractivity contribution is 5.76. The Bertz CT molecular complexity index is 360. The number of hydrogen-bond acceptors (Lipinski definition) is 3. The third-order valence-corrected chi connectivity index (χ3v) is 3.91. The maximum absolute atomic E-state index is 12.4. The van der Waals surface area contributed by atoms with Crippen molar-refractivity contribution in [2.75, 3.05) is 26.3 Å². The fourth-order valence-electron chi connectivity index (χ4n) is 2.59. The van der Waals surface area contributed by atoms with Gasteiger partial charge in [-0.1, -0.05) is 20.8 Å². The summed E-state index contributed by atoms with van der Waals surface area (Å²) in [6.07, 6.45) is 0.631. The highest BCUT2D eigenvalue weighted by atomic mass is 16.5. The van der Waals surface area contributed by atoms with Crippen molar-refractivity contribution in [3.05, 3.63) is 0 Å². The van der Waals surface area contributed by atoms with Crippen LogP contribution < -0.4 is 5.32 Å². The van der Waals surface area contributed by atoms with Crippen LogP contribution >= 0.6 is 0 Å². The molecule has 3 atom stereocenters. The Morgan fingerprint density at radius 1 is 1.38 bits per heavy atom. The van der Waals surface area contributed by atoms with E-state index in [4.69, 9.17) is 9.84 Å². The summed E-state index contributed by atoms with van der Waals surface area (Å²) >= 11 is 0. The number of carboxylic acids is 1. The first-order valence-corrected chi connectivity index (χ1v) is 7.71. The molecule has 0 radical (unpaired) electrons. The number of aliphatic carboxylic acids is 1. The smallest absolute Gasteiger partial charge is 0.317 e. The van der Waals surface area contributed by atoms with E-state index in [-0.39, 0.29) is 30.5 Å². The number of carbonyl (C=O) groups excluding carboxylic acids is 1. The summed E-state index contributed by atoms with van der Waals surface area (Å²) in [6.45, 7) is 9.94. The molecule has 21 heavy (non-hydrogen) atoms. The van der Waals surface area contributed by atoms with Gasteiger partial charge in [-0.3, -0.25) is 4.79 Å². The second-order valence-electron chi connectivity index (χ2n) is 6.24. The fourth-order valence-corrected chi connectivity index (χ4v) is 2.59. The Morgan fingerprint density at radius 2 is 2.05 bits per heavy atom. The van der Waals surface area contributed by atoms with Crippen LogP contribution in [0, 0.1) is 17.8 Å². The maximum Gasteiger partial charge on any atom is 0.317 e. The largest absolute Gasteiger partial charge is 0.481 e. The quantitative estimate of drug-likeness (QED) is 0.784. The first kappa shape index (κ1) is 17.8. The third kappa shape index (κ3) is 5.53. The summed E-state index contributed by atoms with van der Waals surface area (Å²) in [4.78, 5) is 25.1. The Hall–Kier alpha value is -1.30. The van der Waals surface area contributed by atoms with Crippen LogP contribution in [0.4, 0.5) is 4.79 Å². The SMILES string of the molecule is CCOCC(NC(=O)N1CC(C)CC(C(=O)O)C1)C(C)C. The molecule has 0 spiro atoms. The lowest BCUT2D eigenvalue weighted by Crippen LogP contribution is -2.53. The molecule has 1 fully saturated rings. The van der Waals surface area contributed by atoms with Crippen molar-refractivity contribution in [1.82, 2.24) is 10.2 Å². The summed E-state index contributed by atoms with van der Waals surface area (Å²) in [7, 11) is 0. The van der Waals surface area contributed by atoms with Gasteiger partial charge in [-0.05, 0) is 25.2 Å². The van der Waals surface area contributed by atoms with E-state index < -0.39 is 11.9 Å². The van der Waals surface area contributed by atoms with E-state index >= 15 is 0 Å². The first-order valence-electron chi connectivity index (χ1n) is 7.71. The molecule has 0 saturated carbocycles. The van der Waals surface area contributed by atoms with Gasteiger partial charge in [-0.2, -0.15) is 0 Å².